The minimum atomic E-state index is -0.717. The van der Waals surface area contributed by atoms with Crippen LogP contribution in [0.1, 0.15) is 15.9 Å². The van der Waals surface area contributed by atoms with Crippen molar-refractivity contribution in [3.8, 4) is 5.75 Å². The van der Waals surface area contributed by atoms with Crippen molar-refractivity contribution in [2.75, 3.05) is 18.5 Å². The maximum Gasteiger partial charge on any atom is 0.185 e. The Kier molecular flexibility index (Phi) is 7.03. The Hall–Kier alpha value is -4.06. The number of halogens is 1. The zero-order valence-corrected chi connectivity index (χ0v) is 20.2. The molecular weight excluding hydrogens is 472 g/mol. The SMILES string of the molecule is O=C(/C=C/c1ccccc1Cl)c1ccc(NCC(O)COc2cccc3[nH]c4ccccc4c23)cc1. The molecule has 1 aromatic heterocycles. The third-order valence-corrected chi connectivity index (χ3v) is 6.30. The van der Waals surface area contributed by atoms with Gasteiger partial charge >= 0.3 is 0 Å². The van der Waals surface area contributed by atoms with E-state index >= 15 is 0 Å². The van der Waals surface area contributed by atoms with Crippen LogP contribution in [0.2, 0.25) is 5.02 Å². The number of aliphatic hydroxyl groups is 1. The number of para-hydroxylation sites is 1. The number of carbonyl (C=O) groups excluding carboxylic acids is 1. The van der Waals surface area contributed by atoms with E-state index in [4.69, 9.17) is 16.3 Å². The highest BCUT2D eigenvalue weighted by atomic mass is 35.5. The van der Waals surface area contributed by atoms with Gasteiger partial charge in [-0.2, -0.15) is 0 Å². The molecule has 1 atom stereocenters. The van der Waals surface area contributed by atoms with Crippen molar-refractivity contribution in [3.05, 3.63) is 113 Å². The lowest BCUT2D eigenvalue weighted by Gasteiger charge is -2.15. The lowest BCUT2D eigenvalue weighted by molar-refractivity contribution is 0.104. The first kappa shape index (κ1) is 23.7. The topological polar surface area (TPSA) is 74.3 Å². The van der Waals surface area contributed by atoms with Crippen LogP contribution in [0.5, 0.6) is 5.75 Å². The Bertz CT molecular complexity index is 1540. The first-order valence-corrected chi connectivity index (χ1v) is 12.1. The average molecular weight is 497 g/mol. The fourth-order valence-corrected chi connectivity index (χ4v) is 4.29. The fourth-order valence-electron chi connectivity index (χ4n) is 4.09. The molecule has 5 rings (SSSR count). The summed E-state index contributed by atoms with van der Waals surface area (Å²) in [5, 5.41) is 16.4. The highest BCUT2D eigenvalue weighted by molar-refractivity contribution is 6.32. The second-order valence-corrected chi connectivity index (χ2v) is 8.90. The van der Waals surface area contributed by atoms with E-state index in [2.05, 4.69) is 16.4 Å². The molecule has 0 saturated heterocycles. The van der Waals surface area contributed by atoms with E-state index in [1.807, 2.05) is 66.7 Å². The number of aromatic amines is 1. The van der Waals surface area contributed by atoms with Crippen LogP contribution in [0.25, 0.3) is 27.9 Å². The maximum atomic E-state index is 12.5. The van der Waals surface area contributed by atoms with Crippen LogP contribution < -0.4 is 10.1 Å². The molecule has 3 N–H and O–H groups in total. The summed E-state index contributed by atoms with van der Waals surface area (Å²) in [4.78, 5) is 15.9. The van der Waals surface area contributed by atoms with Crippen LogP contribution in [0.4, 0.5) is 5.69 Å². The van der Waals surface area contributed by atoms with Crippen molar-refractivity contribution in [1.82, 2.24) is 4.98 Å². The van der Waals surface area contributed by atoms with E-state index in [1.54, 1.807) is 24.3 Å². The number of hydrogen-bond donors (Lipinski definition) is 3. The summed E-state index contributed by atoms with van der Waals surface area (Å²) < 4.78 is 5.99. The highest BCUT2D eigenvalue weighted by Gasteiger charge is 2.12. The molecule has 0 radical (unpaired) electrons. The summed E-state index contributed by atoms with van der Waals surface area (Å²) in [6.45, 7) is 0.457. The lowest BCUT2D eigenvalue weighted by Crippen LogP contribution is -2.26. The van der Waals surface area contributed by atoms with Gasteiger partial charge in [-0.15, -0.1) is 0 Å². The number of anilines is 1. The number of ether oxygens (including phenoxy) is 1. The lowest BCUT2D eigenvalue weighted by atomic mass is 10.1. The van der Waals surface area contributed by atoms with E-state index in [1.165, 1.54) is 6.08 Å². The molecule has 1 heterocycles. The third-order valence-electron chi connectivity index (χ3n) is 5.95. The number of ketones is 1. The Balaban J connectivity index is 1.16. The first-order valence-electron chi connectivity index (χ1n) is 11.7. The number of H-pyrrole nitrogens is 1. The van der Waals surface area contributed by atoms with Gasteiger partial charge in [-0.25, -0.2) is 0 Å². The molecule has 0 aliphatic rings. The Morgan fingerprint density at radius 2 is 1.69 bits per heavy atom. The molecule has 5 nitrogen and oxygen atoms in total. The summed E-state index contributed by atoms with van der Waals surface area (Å²) >= 11 is 6.13. The van der Waals surface area contributed by atoms with Gasteiger partial charge in [0.05, 0.1) is 5.52 Å². The van der Waals surface area contributed by atoms with Gasteiger partial charge in [0.25, 0.3) is 0 Å². The van der Waals surface area contributed by atoms with Gasteiger partial charge in [-0.05, 0) is 66.2 Å². The van der Waals surface area contributed by atoms with Crippen LogP contribution in [0.3, 0.4) is 0 Å². The largest absolute Gasteiger partial charge is 0.490 e. The summed E-state index contributed by atoms with van der Waals surface area (Å²) in [6.07, 6.45) is 2.51. The zero-order chi connectivity index (χ0) is 24.9. The van der Waals surface area contributed by atoms with Gasteiger partial charge in [0.15, 0.2) is 5.78 Å². The second kappa shape index (κ2) is 10.7. The average Bonchev–Trinajstić information content (AvgIpc) is 3.30. The molecule has 36 heavy (non-hydrogen) atoms. The molecule has 1 unspecified atom stereocenters. The quantitative estimate of drug-likeness (QED) is 0.156. The zero-order valence-electron chi connectivity index (χ0n) is 19.4. The monoisotopic (exact) mass is 496 g/mol. The van der Waals surface area contributed by atoms with E-state index in [9.17, 15) is 9.90 Å². The van der Waals surface area contributed by atoms with E-state index in [-0.39, 0.29) is 12.4 Å². The number of aliphatic hydroxyl groups excluding tert-OH is 1. The third kappa shape index (κ3) is 5.28. The van der Waals surface area contributed by atoms with Crippen molar-refractivity contribution < 1.29 is 14.6 Å². The summed E-state index contributed by atoms with van der Waals surface area (Å²) in [5.41, 5.74) is 4.21. The number of benzene rings is 4. The Labute approximate surface area is 214 Å². The molecule has 6 heteroatoms. The standard InChI is InChI=1S/C30H25ClN2O3/c31-25-8-3-1-6-20(25)14-17-28(35)21-12-15-22(16-13-21)32-18-23(34)19-36-29-11-5-10-27-30(29)24-7-2-4-9-26(24)33-27/h1-17,23,32-34H,18-19H2/b17-14+. The van der Waals surface area contributed by atoms with Gasteiger partial charge in [0.2, 0.25) is 0 Å². The number of hydrogen-bond acceptors (Lipinski definition) is 4. The number of nitrogens with one attached hydrogen (secondary N) is 2. The number of rotatable bonds is 9. The van der Waals surface area contributed by atoms with Crippen molar-refractivity contribution in [2.45, 2.75) is 6.10 Å². The molecule has 0 spiro atoms. The Morgan fingerprint density at radius 1 is 0.944 bits per heavy atom. The molecule has 0 amide bonds. The van der Waals surface area contributed by atoms with Crippen LogP contribution in [-0.4, -0.2) is 35.1 Å². The molecule has 0 aliphatic heterocycles. The molecule has 0 fully saturated rings. The molecule has 0 aliphatic carbocycles. The van der Waals surface area contributed by atoms with Crippen molar-refractivity contribution in [1.29, 1.82) is 0 Å². The predicted molar refractivity (Wildman–Crippen MR) is 147 cm³/mol. The van der Waals surface area contributed by atoms with Gasteiger partial charge in [0.1, 0.15) is 18.5 Å². The van der Waals surface area contributed by atoms with Crippen LogP contribution >= 0.6 is 11.6 Å². The van der Waals surface area contributed by atoms with Crippen molar-refractivity contribution in [3.63, 3.8) is 0 Å². The number of fused-ring (bicyclic) bond motifs is 3. The normalized spacial score (nSPS) is 12.3. The smallest absolute Gasteiger partial charge is 0.185 e. The molecule has 5 aromatic rings. The van der Waals surface area contributed by atoms with E-state index in [0.717, 1.165) is 38.8 Å². The van der Waals surface area contributed by atoms with Crippen LogP contribution in [0.15, 0.2) is 97.1 Å². The minimum Gasteiger partial charge on any atom is -0.490 e. The molecule has 0 bridgehead atoms. The van der Waals surface area contributed by atoms with Gasteiger partial charge in [-0.3, -0.25) is 4.79 Å². The van der Waals surface area contributed by atoms with Gasteiger partial charge in [-0.1, -0.05) is 54.1 Å². The maximum absolute atomic E-state index is 12.5. The minimum absolute atomic E-state index is 0.110. The van der Waals surface area contributed by atoms with E-state index in [0.29, 0.717) is 17.1 Å². The summed E-state index contributed by atoms with van der Waals surface area (Å²) in [5.74, 6) is 0.623. The fraction of sp³-hybridized carbons (Fsp3) is 0.100. The molecule has 180 valence electrons. The highest BCUT2D eigenvalue weighted by Crippen LogP contribution is 2.33. The first-order chi connectivity index (χ1) is 17.6. The van der Waals surface area contributed by atoms with Crippen LogP contribution in [0, 0.1) is 0 Å². The number of carbonyl (C=O) groups is 1. The van der Waals surface area contributed by atoms with Crippen molar-refractivity contribution >= 4 is 51.0 Å². The summed E-state index contributed by atoms with van der Waals surface area (Å²) in [6, 6.07) is 28.4. The van der Waals surface area contributed by atoms with Crippen LogP contribution in [-0.2, 0) is 0 Å². The Morgan fingerprint density at radius 3 is 2.53 bits per heavy atom. The number of aromatic nitrogens is 1. The molecular formula is C30H25ClN2O3. The van der Waals surface area contributed by atoms with E-state index < -0.39 is 6.10 Å². The molecule has 0 saturated carbocycles. The van der Waals surface area contributed by atoms with Crippen molar-refractivity contribution in [2.24, 2.45) is 0 Å². The second-order valence-electron chi connectivity index (χ2n) is 8.49. The van der Waals surface area contributed by atoms with Gasteiger partial charge in [0, 0.05) is 39.1 Å². The predicted octanol–water partition coefficient (Wildman–Crippen LogP) is 6.72. The van der Waals surface area contributed by atoms with Gasteiger partial charge < -0.3 is 20.1 Å². The molecule has 4 aromatic carbocycles. The summed E-state index contributed by atoms with van der Waals surface area (Å²) in [7, 11) is 0. The number of allylic oxidation sites excluding steroid dienone is 1.